The summed E-state index contributed by atoms with van der Waals surface area (Å²) in [5.41, 5.74) is 1.94. The number of hydrogen-bond acceptors (Lipinski definition) is 1. The summed E-state index contributed by atoms with van der Waals surface area (Å²) in [5.74, 6) is 0. The van der Waals surface area contributed by atoms with Gasteiger partial charge in [-0.2, -0.15) is 0 Å². The van der Waals surface area contributed by atoms with Gasteiger partial charge in [0.25, 0.3) is 0 Å². The standard InChI is InChI=1S/C10H15N2/c1-7-8(2)12-10-6-4-3-5-9(10)11-7/h9-10H,1,3-6H2,2H3/q-1. The van der Waals surface area contributed by atoms with Crippen LogP contribution in [0.15, 0.2) is 17.3 Å². The van der Waals surface area contributed by atoms with Gasteiger partial charge in [-0.15, -0.1) is 12.3 Å². The Balaban J connectivity index is 2.17. The molecule has 0 bridgehead atoms. The molecule has 0 saturated heterocycles. The number of allylic oxidation sites excluding steroid dienone is 1. The Labute approximate surface area is 73.8 Å². The lowest BCUT2D eigenvalue weighted by Gasteiger charge is -2.45. The quantitative estimate of drug-likeness (QED) is 0.525. The maximum atomic E-state index is 4.61. The molecule has 1 aliphatic heterocycles. The van der Waals surface area contributed by atoms with Crippen LogP contribution in [0.5, 0.6) is 0 Å². The van der Waals surface area contributed by atoms with Crippen molar-refractivity contribution in [3.8, 4) is 0 Å². The highest BCUT2D eigenvalue weighted by atomic mass is 15.0. The first-order chi connectivity index (χ1) is 5.77. The molecule has 2 atom stereocenters. The third-order valence-electron chi connectivity index (χ3n) is 2.79. The van der Waals surface area contributed by atoms with E-state index in [0.717, 1.165) is 11.4 Å². The lowest BCUT2D eigenvalue weighted by atomic mass is 9.89. The summed E-state index contributed by atoms with van der Waals surface area (Å²) in [7, 11) is 0. The van der Waals surface area contributed by atoms with Gasteiger partial charge in [0, 0.05) is 11.8 Å². The van der Waals surface area contributed by atoms with Gasteiger partial charge in [-0.3, -0.25) is 4.99 Å². The van der Waals surface area contributed by atoms with Crippen molar-refractivity contribution < 1.29 is 0 Å². The fourth-order valence-electron chi connectivity index (χ4n) is 2.01. The first kappa shape index (κ1) is 7.84. The smallest absolute Gasteiger partial charge is 0.0370 e. The zero-order valence-electron chi connectivity index (χ0n) is 7.58. The van der Waals surface area contributed by atoms with Crippen LogP contribution in [-0.2, 0) is 0 Å². The van der Waals surface area contributed by atoms with E-state index in [1.54, 1.807) is 0 Å². The van der Waals surface area contributed by atoms with Gasteiger partial charge >= 0.3 is 0 Å². The van der Waals surface area contributed by atoms with Crippen molar-refractivity contribution in [3.05, 3.63) is 17.6 Å². The lowest BCUT2D eigenvalue weighted by molar-refractivity contribution is 0.410. The highest BCUT2D eigenvalue weighted by Gasteiger charge is 2.20. The molecule has 0 aromatic heterocycles. The van der Waals surface area contributed by atoms with Gasteiger partial charge in [0.2, 0.25) is 0 Å². The highest BCUT2D eigenvalue weighted by molar-refractivity contribution is 6.01. The van der Waals surface area contributed by atoms with Crippen molar-refractivity contribution in [2.24, 2.45) is 4.99 Å². The van der Waals surface area contributed by atoms with E-state index >= 15 is 0 Å². The summed E-state index contributed by atoms with van der Waals surface area (Å²) in [6.45, 7) is 5.90. The van der Waals surface area contributed by atoms with Gasteiger partial charge < -0.3 is 5.32 Å². The maximum Gasteiger partial charge on any atom is 0.0370 e. The summed E-state index contributed by atoms with van der Waals surface area (Å²) in [4.78, 5) is 4.61. The fourth-order valence-corrected chi connectivity index (χ4v) is 2.01. The Bertz CT molecular complexity index is 230. The maximum absolute atomic E-state index is 4.61. The third-order valence-corrected chi connectivity index (χ3v) is 2.79. The second-order valence-corrected chi connectivity index (χ2v) is 3.71. The van der Waals surface area contributed by atoms with Crippen LogP contribution >= 0.6 is 0 Å². The second-order valence-electron chi connectivity index (χ2n) is 3.71. The van der Waals surface area contributed by atoms with E-state index in [0.29, 0.717) is 12.1 Å². The average Bonchev–Trinajstić information content (AvgIpc) is 2.07. The topological polar surface area (TPSA) is 26.5 Å². The Kier molecular flexibility index (Phi) is 1.91. The molecular weight excluding hydrogens is 148 g/mol. The van der Waals surface area contributed by atoms with Crippen LogP contribution in [0.4, 0.5) is 0 Å². The van der Waals surface area contributed by atoms with E-state index in [-0.39, 0.29) is 0 Å². The van der Waals surface area contributed by atoms with Crippen molar-refractivity contribution >= 4 is 5.71 Å². The molecule has 1 heterocycles. The molecule has 0 radical (unpaired) electrons. The number of nitrogens with zero attached hydrogens (tertiary/aromatic N) is 2. The molecule has 2 rings (SSSR count). The van der Waals surface area contributed by atoms with E-state index < -0.39 is 0 Å². The second kappa shape index (κ2) is 2.92. The minimum Gasteiger partial charge on any atom is -0.679 e. The predicted molar refractivity (Wildman–Crippen MR) is 51.7 cm³/mol. The van der Waals surface area contributed by atoms with Gasteiger partial charge in [-0.05, 0) is 13.3 Å². The van der Waals surface area contributed by atoms with Gasteiger partial charge in [-0.25, -0.2) is 0 Å². The molecule has 0 aromatic rings. The first-order valence-corrected chi connectivity index (χ1v) is 4.72. The van der Waals surface area contributed by atoms with E-state index in [9.17, 15) is 0 Å². The molecule has 66 valence electrons. The number of hydrogen-bond donors (Lipinski definition) is 0. The van der Waals surface area contributed by atoms with E-state index in [1.165, 1.54) is 25.7 Å². The summed E-state index contributed by atoms with van der Waals surface area (Å²) in [5, 5.41) is 4.56. The Morgan fingerprint density at radius 1 is 1.42 bits per heavy atom. The SMILES string of the molecule is C=C1[N-]C2CCCCC2N=C1C. The molecule has 0 spiro atoms. The molecule has 2 nitrogen and oxygen atoms in total. The zero-order chi connectivity index (χ0) is 8.55. The van der Waals surface area contributed by atoms with Crippen LogP contribution in [0.25, 0.3) is 5.32 Å². The van der Waals surface area contributed by atoms with Crippen molar-refractivity contribution in [1.82, 2.24) is 0 Å². The minimum atomic E-state index is 0.454. The summed E-state index contributed by atoms with van der Waals surface area (Å²) in [6, 6.07) is 0.930. The number of rotatable bonds is 0. The summed E-state index contributed by atoms with van der Waals surface area (Å²) < 4.78 is 0. The van der Waals surface area contributed by atoms with Gasteiger partial charge in [0.1, 0.15) is 0 Å². The van der Waals surface area contributed by atoms with Crippen LogP contribution in [0.3, 0.4) is 0 Å². The summed E-state index contributed by atoms with van der Waals surface area (Å²) in [6.07, 6.45) is 5.06. The van der Waals surface area contributed by atoms with Crippen LogP contribution in [-0.4, -0.2) is 17.8 Å². The number of aliphatic imine (C=N–C) groups is 1. The van der Waals surface area contributed by atoms with Crippen LogP contribution < -0.4 is 0 Å². The van der Waals surface area contributed by atoms with Gasteiger partial charge in [0.15, 0.2) is 0 Å². The van der Waals surface area contributed by atoms with E-state index in [2.05, 4.69) is 16.9 Å². The van der Waals surface area contributed by atoms with Crippen molar-refractivity contribution in [1.29, 1.82) is 0 Å². The molecule has 0 amide bonds. The van der Waals surface area contributed by atoms with Crippen LogP contribution in [0.2, 0.25) is 0 Å². The summed E-state index contributed by atoms with van der Waals surface area (Å²) >= 11 is 0. The molecule has 0 N–H and O–H groups in total. The number of fused-ring (bicyclic) bond motifs is 1. The fraction of sp³-hybridized carbons (Fsp3) is 0.700. The largest absolute Gasteiger partial charge is 0.679 e. The predicted octanol–water partition coefficient (Wildman–Crippen LogP) is 2.66. The average molecular weight is 163 g/mol. The van der Waals surface area contributed by atoms with Crippen molar-refractivity contribution in [3.63, 3.8) is 0 Å². The normalized spacial score (nSPS) is 35.1. The zero-order valence-corrected chi connectivity index (χ0v) is 7.58. The van der Waals surface area contributed by atoms with Crippen molar-refractivity contribution in [2.45, 2.75) is 44.7 Å². The molecule has 1 fully saturated rings. The molecule has 12 heavy (non-hydrogen) atoms. The first-order valence-electron chi connectivity index (χ1n) is 4.72. The molecule has 2 unspecified atom stereocenters. The van der Waals surface area contributed by atoms with E-state index in [1.807, 2.05) is 6.92 Å². The molecule has 1 aliphatic carbocycles. The molecular formula is C10H15N2-. The van der Waals surface area contributed by atoms with Crippen molar-refractivity contribution in [2.75, 3.05) is 0 Å². The highest BCUT2D eigenvalue weighted by Crippen LogP contribution is 2.32. The Morgan fingerprint density at radius 2 is 2.17 bits per heavy atom. The Hall–Kier alpha value is -0.790. The molecule has 2 heteroatoms. The van der Waals surface area contributed by atoms with Crippen LogP contribution in [0, 0.1) is 0 Å². The molecule has 0 aromatic carbocycles. The van der Waals surface area contributed by atoms with Crippen LogP contribution in [0.1, 0.15) is 32.6 Å². The lowest BCUT2D eigenvalue weighted by Crippen LogP contribution is -2.32. The molecule has 2 aliphatic rings. The molecule has 1 saturated carbocycles. The van der Waals surface area contributed by atoms with Gasteiger partial charge in [0.05, 0.1) is 0 Å². The van der Waals surface area contributed by atoms with Gasteiger partial charge in [-0.1, -0.05) is 25.3 Å². The Morgan fingerprint density at radius 3 is 3.00 bits per heavy atom. The minimum absolute atomic E-state index is 0.454. The third kappa shape index (κ3) is 1.26. The van der Waals surface area contributed by atoms with E-state index in [4.69, 9.17) is 0 Å². The monoisotopic (exact) mass is 163 g/mol.